The summed E-state index contributed by atoms with van der Waals surface area (Å²) < 4.78 is 0. The molecule has 15 nitrogen and oxygen atoms in total. The minimum absolute atomic E-state index is 0.0862. The van der Waals surface area contributed by atoms with Gasteiger partial charge >= 0.3 is 17.9 Å². The summed E-state index contributed by atoms with van der Waals surface area (Å²) in [5, 5.41) is 34.1. The maximum Gasteiger partial charge on any atom is 0.326 e. The largest absolute Gasteiger partial charge is 0.481 e. The van der Waals surface area contributed by atoms with Gasteiger partial charge in [-0.25, -0.2) is 4.79 Å². The van der Waals surface area contributed by atoms with E-state index in [1.165, 1.54) is 0 Å². The van der Waals surface area contributed by atoms with E-state index < -0.39 is 85.0 Å². The Labute approximate surface area is 216 Å². The molecule has 0 saturated heterocycles. The average molecular weight is 538 g/mol. The number of carbonyl (C=O) groups is 7. The Bertz CT molecular complexity index is 1030. The highest BCUT2D eigenvalue weighted by atomic mass is 16.4. The Hall–Kier alpha value is -4.53. The Morgan fingerprint density at radius 2 is 1.21 bits per heavy atom. The highest BCUT2D eigenvalue weighted by molar-refractivity contribution is 5.95. The zero-order valence-electron chi connectivity index (χ0n) is 20.3. The van der Waals surface area contributed by atoms with Crippen LogP contribution in [0.25, 0.3) is 0 Å². The van der Waals surface area contributed by atoms with Gasteiger partial charge in [0.15, 0.2) is 0 Å². The maximum atomic E-state index is 12.9. The maximum absolute atomic E-state index is 12.9. The second-order valence-electron chi connectivity index (χ2n) is 8.35. The Morgan fingerprint density at radius 3 is 1.68 bits per heavy atom. The van der Waals surface area contributed by atoms with Crippen LogP contribution in [-0.4, -0.2) is 81.0 Å². The molecule has 0 radical (unpaired) electrons. The molecule has 1 rings (SSSR count). The molecule has 0 spiro atoms. The summed E-state index contributed by atoms with van der Waals surface area (Å²) in [6, 6.07) is 2.43. The quantitative estimate of drug-likeness (QED) is 0.105. The van der Waals surface area contributed by atoms with E-state index in [0.29, 0.717) is 5.56 Å². The van der Waals surface area contributed by atoms with Crippen LogP contribution in [0.2, 0.25) is 0 Å². The van der Waals surface area contributed by atoms with Crippen molar-refractivity contribution in [3.63, 3.8) is 0 Å². The lowest BCUT2D eigenvalue weighted by Gasteiger charge is -2.25. The molecule has 0 aliphatic carbocycles. The number of rotatable bonds is 17. The normalized spacial score (nSPS) is 13.7. The average Bonchev–Trinajstić information content (AvgIpc) is 2.83. The first-order valence-corrected chi connectivity index (χ1v) is 11.5. The van der Waals surface area contributed by atoms with Gasteiger partial charge in [0.1, 0.15) is 18.1 Å². The molecule has 4 amide bonds. The van der Waals surface area contributed by atoms with E-state index >= 15 is 0 Å². The Balaban J connectivity index is 3.07. The first kappa shape index (κ1) is 31.5. The molecule has 1 aromatic rings. The number of carbonyl (C=O) groups excluding carboxylic acids is 4. The summed E-state index contributed by atoms with van der Waals surface area (Å²) in [4.78, 5) is 82.9. The summed E-state index contributed by atoms with van der Waals surface area (Å²) in [6.07, 6.45) is -2.57. The first-order valence-electron chi connectivity index (χ1n) is 11.5. The zero-order chi connectivity index (χ0) is 28.8. The highest BCUT2D eigenvalue weighted by Gasteiger charge is 2.31. The molecule has 0 heterocycles. The summed E-state index contributed by atoms with van der Waals surface area (Å²) in [5.41, 5.74) is 11.2. The van der Waals surface area contributed by atoms with Crippen LogP contribution in [-0.2, 0) is 40.0 Å². The molecule has 0 aromatic heterocycles. The van der Waals surface area contributed by atoms with E-state index in [1.54, 1.807) is 30.3 Å². The van der Waals surface area contributed by atoms with Crippen molar-refractivity contribution in [1.82, 2.24) is 16.0 Å². The molecule has 0 bridgehead atoms. The van der Waals surface area contributed by atoms with Crippen LogP contribution in [0.5, 0.6) is 0 Å². The van der Waals surface area contributed by atoms with Gasteiger partial charge in [0.05, 0.1) is 12.5 Å². The van der Waals surface area contributed by atoms with Crippen molar-refractivity contribution >= 4 is 41.5 Å². The number of primary amides is 1. The van der Waals surface area contributed by atoms with Gasteiger partial charge in [0.25, 0.3) is 0 Å². The first-order chi connectivity index (χ1) is 17.8. The molecule has 38 heavy (non-hydrogen) atoms. The molecule has 10 N–H and O–H groups in total. The second-order valence-corrected chi connectivity index (χ2v) is 8.35. The Morgan fingerprint density at radius 1 is 0.711 bits per heavy atom. The van der Waals surface area contributed by atoms with Crippen LogP contribution in [0.3, 0.4) is 0 Å². The van der Waals surface area contributed by atoms with Gasteiger partial charge in [0, 0.05) is 19.3 Å². The lowest BCUT2D eigenvalue weighted by molar-refractivity contribution is -0.142. The fourth-order valence-electron chi connectivity index (χ4n) is 3.25. The van der Waals surface area contributed by atoms with E-state index in [4.69, 9.17) is 21.7 Å². The molecule has 0 aliphatic heterocycles. The number of aliphatic carboxylic acids is 3. The highest BCUT2D eigenvalue weighted by Crippen LogP contribution is 2.07. The van der Waals surface area contributed by atoms with Crippen molar-refractivity contribution in [3.05, 3.63) is 35.9 Å². The van der Waals surface area contributed by atoms with Crippen molar-refractivity contribution in [3.8, 4) is 0 Å². The standard InChI is InChI=1S/C23H31N5O10/c24-13(11-19(32)33)20(34)26-15(7-9-18(30)31)21(35)27-14(6-8-17(25)29)22(36)28-16(23(37)38)10-12-4-2-1-3-5-12/h1-5,13-16H,6-11,24H2,(H2,25,29)(H,26,34)(H,27,35)(H,28,36)(H,30,31)(H,32,33)(H,37,38). The van der Waals surface area contributed by atoms with Crippen LogP contribution in [0.1, 0.15) is 37.7 Å². The van der Waals surface area contributed by atoms with Gasteiger partial charge in [-0.15, -0.1) is 0 Å². The Kier molecular flexibility index (Phi) is 12.9. The van der Waals surface area contributed by atoms with Crippen molar-refractivity contribution in [1.29, 1.82) is 0 Å². The zero-order valence-corrected chi connectivity index (χ0v) is 20.3. The van der Waals surface area contributed by atoms with Crippen LogP contribution in [0.4, 0.5) is 0 Å². The number of carboxylic acid groups (broad SMARTS) is 3. The van der Waals surface area contributed by atoms with Crippen LogP contribution >= 0.6 is 0 Å². The topological polar surface area (TPSA) is 268 Å². The van der Waals surface area contributed by atoms with Gasteiger partial charge in [-0.05, 0) is 18.4 Å². The van der Waals surface area contributed by atoms with E-state index in [-0.39, 0.29) is 19.3 Å². The summed E-state index contributed by atoms with van der Waals surface area (Å²) >= 11 is 0. The number of nitrogens with two attached hydrogens (primary N) is 2. The van der Waals surface area contributed by atoms with Gasteiger partial charge in [-0.3, -0.25) is 28.8 Å². The van der Waals surface area contributed by atoms with Crippen molar-refractivity contribution in [2.24, 2.45) is 11.5 Å². The molecule has 0 fully saturated rings. The summed E-state index contributed by atoms with van der Waals surface area (Å²) in [7, 11) is 0. The second kappa shape index (κ2) is 15.6. The van der Waals surface area contributed by atoms with Crippen LogP contribution in [0.15, 0.2) is 30.3 Å². The predicted octanol–water partition coefficient (Wildman–Crippen LogP) is -2.30. The molecule has 1 aromatic carbocycles. The number of nitrogens with one attached hydrogen (secondary N) is 3. The van der Waals surface area contributed by atoms with E-state index in [1.807, 2.05) is 0 Å². The molecular formula is C23H31N5O10. The van der Waals surface area contributed by atoms with E-state index in [2.05, 4.69) is 16.0 Å². The fourth-order valence-corrected chi connectivity index (χ4v) is 3.25. The van der Waals surface area contributed by atoms with Crippen LogP contribution < -0.4 is 27.4 Å². The molecule has 15 heteroatoms. The van der Waals surface area contributed by atoms with Gasteiger partial charge in [0.2, 0.25) is 23.6 Å². The molecule has 208 valence electrons. The van der Waals surface area contributed by atoms with Crippen molar-refractivity contribution < 1.29 is 48.9 Å². The lowest BCUT2D eigenvalue weighted by atomic mass is 10.0. The monoisotopic (exact) mass is 537 g/mol. The third kappa shape index (κ3) is 11.9. The number of benzene rings is 1. The number of hydrogen-bond acceptors (Lipinski definition) is 8. The third-order valence-corrected chi connectivity index (χ3v) is 5.22. The number of carboxylic acids is 3. The van der Waals surface area contributed by atoms with E-state index in [0.717, 1.165) is 0 Å². The van der Waals surface area contributed by atoms with E-state index in [9.17, 15) is 38.7 Å². The van der Waals surface area contributed by atoms with Crippen LogP contribution in [0, 0.1) is 0 Å². The van der Waals surface area contributed by atoms with Gasteiger partial charge in [-0.2, -0.15) is 0 Å². The number of hydrogen-bond donors (Lipinski definition) is 8. The number of amides is 4. The third-order valence-electron chi connectivity index (χ3n) is 5.22. The summed E-state index contributed by atoms with van der Waals surface area (Å²) in [5.74, 6) is -7.92. The summed E-state index contributed by atoms with van der Waals surface area (Å²) in [6.45, 7) is 0. The van der Waals surface area contributed by atoms with Crippen molar-refractivity contribution in [2.45, 2.75) is 62.7 Å². The molecular weight excluding hydrogens is 506 g/mol. The molecule has 4 unspecified atom stereocenters. The fraction of sp³-hybridized carbons (Fsp3) is 0.435. The molecule has 4 atom stereocenters. The smallest absolute Gasteiger partial charge is 0.326 e. The molecule has 0 saturated carbocycles. The lowest BCUT2D eigenvalue weighted by Crippen LogP contribution is -2.57. The molecule has 0 aliphatic rings. The SMILES string of the molecule is NC(=O)CCC(NC(=O)C(CCC(=O)O)NC(=O)C(N)CC(=O)O)C(=O)NC(Cc1ccccc1)C(=O)O. The minimum Gasteiger partial charge on any atom is -0.481 e. The van der Waals surface area contributed by atoms with Gasteiger partial charge < -0.3 is 42.7 Å². The van der Waals surface area contributed by atoms with Gasteiger partial charge in [-0.1, -0.05) is 30.3 Å². The minimum atomic E-state index is -1.55. The van der Waals surface area contributed by atoms with Crippen molar-refractivity contribution in [2.75, 3.05) is 0 Å². The predicted molar refractivity (Wildman–Crippen MR) is 129 cm³/mol.